The molecular weight excluding hydrogens is 350 g/mol. The Morgan fingerprint density at radius 1 is 1.14 bits per heavy atom. The molecule has 2 rings (SSSR count). The molecule has 6 nitrogen and oxygen atoms in total. The Morgan fingerprint density at radius 2 is 1.82 bits per heavy atom. The van der Waals surface area contributed by atoms with Crippen molar-refractivity contribution >= 4 is 11.9 Å². The lowest BCUT2D eigenvalue weighted by atomic mass is 10.1. The number of carbonyl (C=O) groups is 1. The molecule has 1 aliphatic heterocycles. The van der Waals surface area contributed by atoms with Crippen molar-refractivity contribution in [3.8, 4) is 0 Å². The first-order valence-electron chi connectivity index (χ1n) is 11.5. The van der Waals surface area contributed by atoms with Crippen molar-refractivity contribution in [3.63, 3.8) is 0 Å². The molecule has 28 heavy (non-hydrogen) atoms. The first kappa shape index (κ1) is 23.0. The Hall–Kier alpha value is -1.30. The van der Waals surface area contributed by atoms with Gasteiger partial charge in [0, 0.05) is 56.8 Å². The van der Waals surface area contributed by atoms with E-state index in [-0.39, 0.29) is 5.92 Å². The van der Waals surface area contributed by atoms with Crippen molar-refractivity contribution < 1.29 is 4.79 Å². The first-order chi connectivity index (χ1) is 13.4. The van der Waals surface area contributed by atoms with Crippen LogP contribution in [0.1, 0.15) is 73.1 Å². The molecule has 1 unspecified atom stereocenters. The van der Waals surface area contributed by atoms with Crippen LogP contribution in [0.15, 0.2) is 4.99 Å². The Kier molecular flexibility index (Phi) is 9.56. The van der Waals surface area contributed by atoms with E-state index in [0.29, 0.717) is 24.0 Å². The molecule has 0 aromatic heterocycles. The molecule has 0 spiro atoms. The maximum absolute atomic E-state index is 12.6. The predicted octanol–water partition coefficient (Wildman–Crippen LogP) is 2.84. The molecular formula is C22H43N5O. The molecule has 2 fully saturated rings. The van der Waals surface area contributed by atoms with Gasteiger partial charge in [0.25, 0.3) is 0 Å². The number of hydrogen-bond donors (Lipinski definition) is 2. The first-order valence-corrected chi connectivity index (χ1v) is 11.5. The summed E-state index contributed by atoms with van der Waals surface area (Å²) in [6, 6.07) is 1.44. The van der Waals surface area contributed by atoms with Gasteiger partial charge < -0.3 is 15.5 Å². The van der Waals surface area contributed by atoms with Gasteiger partial charge in [0.15, 0.2) is 5.96 Å². The molecule has 162 valence electrons. The molecule has 1 amide bonds. The summed E-state index contributed by atoms with van der Waals surface area (Å²) in [6.45, 7) is 15.6. The van der Waals surface area contributed by atoms with Crippen molar-refractivity contribution in [1.29, 1.82) is 0 Å². The Balaban J connectivity index is 1.78. The number of amides is 1. The lowest BCUT2D eigenvalue weighted by Gasteiger charge is -2.30. The van der Waals surface area contributed by atoms with Crippen LogP contribution in [0.3, 0.4) is 0 Å². The van der Waals surface area contributed by atoms with Crippen molar-refractivity contribution in [2.45, 2.75) is 91.3 Å². The van der Waals surface area contributed by atoms with E-state index in [4.69, 9.17) is 4.99 Å². The number of nitrogens with one attached hydrogen (secondary N) is 2. The zero-order chi connectivity index (χ0) is 20.5. The van der Waals surface area contributed by atoms with Gasteiger partial charge >= 0.3 is 0 Å². The number of guanidine groups is 1. The molecule has 2 aliphatic rings. The predicted molar refractivity (Wildman–Crippen MR) is 118 cm³/mol. The number of aliphatic imine (C=N–C) groups is 1. The van der Waals surface area contributed by atoms with E-state index in [9.17, 15) is 4.79 Å². The summed E-state index contributed by atoms with van der Waals surface area (Å²) in [6.07, 6.45) is 6.67. The van der Waals surface area contributed by atoms with E-state index in [2.05, 4.69) is 55.1 Å². The molecule has 1 heterocycles. The number of likely N-dealkylation sites (tertiary alicyclic amines) is 1. The lowest BCUT2D eigenvalue weighted by molar-refractivity contribution is -0.134. The third-order valence-electron chi connectivity index (χ3n) is 6.06. The molecule has 1 saturated carbocycles. The highest BCUT2D eigenvalue weighted by molar-refractivity contribution is 5.81. The van der Waals surface area contributed by atoms with Gasteiger partial charge in [-0.1, -0.05) is 12.8 Å². The minimum absolute atomic E-state index is 0.283. The fourth-order valence-electron chi connectivity index (χ4n) is 4.58. The highest BCUT2D eigenvalue weighted by atomic mass is 16.2. The van der Waals surface area contributed by atoms with E-state index in [1.807, 2.05) is 0 Å². The van der Waals surface area contributed by atoms with Gasteiger partial charge in [0.2, 0.25) is 5.91 Å². The highest BCUT2D eigenvalue weighted by Crippen LogP contribution is 2.27. The molecule has 6 heteroatoms. The normalized spacial score (nSPS) is 21.4. The summed E-state index contributed by atoms with van der Waals surface area (Å²) < 4.78 is 0. The topological polar surface area (TPSA) is 60.0 Å². The zero-order valence-electron chi connectivity index (χ0n) is 18.8. The van der Waals surface area contributed by atoms with E-state index in [1.165, 1.54) is 12.8 Å². The fourth-order valence-corrected chi connectivity index (χ4v) is 4.58. The van der Waals surface area contributed by atoms with Crippen molar-refractivity contribution in [1.82, 2.24) is 20.4 Å². The Labute approximate surface area is 172 Å². The summed E-state index contributed by atoms with van der Waals surface area (Å²) in [7, 11) is 0. The number of hydrogen-bond acceptors (Lipinski definition) is 3. The molecule has 1 saturated heterocycles. The van der Waals surface area contributed by atoms with Crippen molar-refractivity contribution in [2.24, 2.45) is 10.9 Å². The average Bonchev–Trinajstić information content (AvgIpc) is 3.32. The zero-order valence-corrected chi connectivity index (χ0v) is 18.8. The van der Waals surface area contributed by atoms with Gasteiger partial charge in [-0.2, -0.15) is 0 Å². The molecule has 0 radical (unpaired) electrons. The molecule has 1 atom stereocenters. The van der Waals surface area contributed by atoms with Crippen LogP contribution in [0.2, 0.25) is 0 Å². The third kappa shape index (κ3) is 6.94. The fraction of sp³-hybridized carbons (Fsp3) is 0.909. The quantitative estimate of drug-likeness (QED) is 0.359. The maximum Gasteiger partial charge on any atom is 0.225 e. The van der Waals surface area contributed by atoms with Gasteiger partial charge in [-0.05, 0) is 60.3 Å². The lowest BCUT2D eigenvalue weighted by Crippen LogP contribution is -2.45. The summed E-state index contributed by atoms with van der Waals surface area (Å²) in [5.74, 6) is 1.56. The van der Waals surface area contributed by atoms with Gasteiger partial charge in [0.1, 0.15) is 0 Å². The number of rotatable bonds is 9. The summed E-state index contributed by atoms with van der Waals surface area (Å²) in [5, 5.41) is 6.92. The largest absolute Gasteiger partial charge is 0.357 e. The highest BCUT2D eigenvalue weighted by Gasteiger charge is 2.32. The second kappa shape index (κ2) is 11.6. The average molecular weight is 394 g/mol. The van der Waals surface area contributed by atoms with Crippen LogP contribution in [0.4, 0.5) is 0 Å². The van der Waals surface area contributed by atoms with Crippen molar-refractivity contribution in [3.05, 3.63) is 0 Å². The third-order valence-corrected chi connectivity index (χ3v) is 6.06. The van der Waals surface area contributed by atoms with Gasteiger partial charge in [0.05, 0.1) is 0 Å². The van der Waals surface area contributed by atoms with Gasteiger partial charge in [-0.15, -0.1) is 0 Å². The summed E-state index contributed by atoms with van der Waals surface area (Å²) in [4.78, 5) is 22.0. The Bertz CT molecular complexity index is 491. The SMILES string of the molecule is CCNC(=NCCCN(C(C)C)C(C)C)NC1CCN(C(=O)C2CCCC2)C1. The minimum atomic E-state index is 0.283. The smallest absolute Gasteiger partial charge is 0.225 e. The van der Waals surface area contributed by atoms with E-state index in [1.54, 1.807) is 0 Å². The van der Waals surface area contributed by atoms with Crippen LogP contribution >= 0.6 is 0 Å². The van der Waals surface area contributed by atoms with Crippen LogP contribution in [-0.4, -0.2) is 72.5 Å². The number of carbonyl (C=O) groups excluding carboxylic acids is 1. The minimum Gasteiger partial charge on any atom is -0.357 e. The van der Waals surface area contributed by atoms with Gasteiger partial charge in [-0.25, -0.2) is 0 Å². The standard InChI is InChI=1S/C22H43N5O/c1-6-23-22(24-13-9-14-27(17(2)3)18(4)5)25-20-12-15-26(16-20)21(28)19-10-7-8-11-19/h17-20H,6-16H2,1-5H3,(H2,23,24,25). The molecule has 0 bridgehead atoms. The van der Waals surface area contributed by atoms with E-state index in [0.717, 1.165) is 64.4 Å². The monoisotopic (exact) mass is 393 g/mol. The molecule has 0 aromatic carbocycles. The van der Waals surface area contributed by atoms with Crippen LogP contribution in [0.25, 0.3) is 0 Å². The van der Waals surface area contributed by atoms with Crippen LogP contribution < -0.4 is 10.6 Å². The second-order valence-electron chi connectivity index (χ2n) is 8.94. The number of nitrogens with zero attached hydrogens (tertiary/aromatic N) is 3. The molecule has 2 N–H and O–H groups in total. The molecule has 1 aliphatic carbocycles. The van der Waals surface area contributed by atoms with Gasteiger partial charge in [-0.3, -0.25) is 14.7 Å². The van der Waals surface area contributed by atoms with Crippen LogP contribution in [0, 0.1) is 5.92 Å². The van der Waals surface area contributed by atoms with Crippen molar-refractivity contribution in [2.75, 3.05) is 32.7 Å². The Morgan fingerprint density at radius 3 is 2.43 bits per heavy atom. The second-order valence-corrected chi connectivity index (χ2v) is 8.94. The van der Waals surface area contributed by atoms with E-state index >= 15 is 0 Å². The summed E-state index contributed by atoms with van der Waals surface area (Å²) in [5.41, 5.74) is 0. The molecule has 0 aromatic rings. The van der Waals surface area contributed by atoms with Crippen LogP contribution in [0.5, 0.6) is 0 Å². The van der Waals surface area contributed by atoms with Crippen LogP contribution in [-0.2, 0) is 4.79 Å². The van der Waals surface area contributed by atoms with E-state index < -0.39 is 0 Å². The maximum atomic E-state index is 12.6. The summed E-state index contributed by atoms with van der Waals surface area (Å²) >= 11 is 0.